The fourth-order valence-electron chi connectivity index (χ4n) is 5.06. The molecule has 0 aliphatic rings. The molecule has 0 aliphatic heterocycles. The molecule has 2 unspecified atom stereocenters. The van der Waals surface area contributed by atoms with Crippen molar-refractivity contribution in [3.05, 3.63) is 189 Å². The lowest BCUT2D eigenvalue weighted by molar-refractivity contribution is -0.143. The summed E-state index contributed by atoms with van der Waals surface area (Å²) in [4.78, 5) is 150. The van der Waals surface area contributed by atoms with Crippen molar-refractivity contribution in [3.8, 4) is 0 Å². The zero-order valence-corrected chi connectivity index (χ0v) is 77.3. The second-order valence-electron chi connectivity index (χ2n) is 26.1. The molecule has 0 aliphatic carbocycles. The fourth-order valence-corrected chi connectivity index (χ4v) is 5.06. The Hall–Kier alpha value is -12.2. The molecule has 2 atom stereocenters. The minimum Gasteiger partial charge on any atom is -0.478 e. The number of carbonyl (C=O) groups excluding carboxylic acids is 7. The van der Waals surface area contributed by atoms with Crippen molar-refractivity contribution in [2.75, 3.05) is 172 Å². The highest BCUT2D eigenvalue weighted by Gasteiger charge is 2.31. The number of methoxy groups -OCH3 is 1. The molecule has 16 N–H and O–H groups in total. The summed E-state index contributed by atoms with van der Waals surface area (Å²) in [5.74, 6) is -10.6. The maximum absolute atomic E-state index is 11.1. The van der Waals surface area contributed by atoms with Crippen molar-refractivity contribution in [1.82, 2.24) is 0 Å². The predicted molar refractivity (Wildman–Crippen MR) is 486 cm³/mol. The largest absolute Gasteiger partial charge is 0.478 e. The summed E-state index contributed by atoms with van der Waals surface area (Å²) in [6, 6.07) is 0. The van der Waals surface area contributed by atoms with Gasteiger partial charge in [0.2, 0.25) is 0 Å². The second kappa shape index (κ2) is 113. The van der Waals surface area contributed by atoms with Gasteiger partial charge in [-0.3, -0.25) is 4.79 Å². The number of aliphatic hydroxyl groups is 8. The van der Waals surface area contributed by atoms with Crippen LogP contribution in [-0.4, -0.2) is 343 Å². The Labute approximate surface area is 772 Å². The molecule has 0 bridgehead atoms. The third-order valence-corrected chi connectivity index (χ3v) is 12.4. The van der Waals surface area contributed by atoms with E-state index in [2.05, 4.69) is 118 Å². The van der Waals surface area contributed by atoms with Crippen LogP contribution in [-0.2, 0) is 129 Å². The number of rotatable bonds is 57. The molecule has 43 heteroatoms. The summed E-state index contributed by atoms with van der Waals surface area (Å²) >= 11 is 0. The van der Waals surface area contributed by atoms with Crippen LogP contribution in [0.4, 0.5) is 0 Å². The van der Waals surface area contributed by atoms with Gasteiger partial charge in [-0.25, -0.2) is 67.1 Å². The van der Waals surface area contributed by atoms with Crippen LogP contribution in [0, 0.1) is 33.5 Å². The highest BCUT2D eigenvalue weighted by Crippen LogP contribution is 2.24. The molecule has 0 radical (unpaired) electrons. The SMILES string of the molecule is C=CC(=O)O.C=CC(=O)O.C=CC(=O)O.C=CC(=O)O.C=CC(=O)O.C=CC(=O)O.C=CC(=O)OC.C=CC(=O)OCCCOCCCOCCCOC(=O)C=C.C=CC(=O)OCCOCC(CC)(COCCOC(=O)C=C)COCCOC(=O)C=C.C=CC(C)=O.CC(/C=C/C(=O)O)COCC(C)/C=C/C(=O)O.CC(C)(C)C.OCC(CO)(CO)CO.OCC(CO)(CO)CO. The molecular weight excluding hydrogens is 1760 g/mol. The number of ether oxygens (including phenoxy) is 12. The Kier molecular flexibility index (Phi) is 129. The van der Waals surface area contributed by atoms with Crippen molar-refractivity contribution in [3.63, 3.8) is 0 Å². The molecule has 0 spiro atoms. The van der Waals surface area contributed by atoms with Crippen LogP contribution in [0.1, 0.15) is 81.1 Å². The predicted octanol–water partition coefficient (Wildman–Crippen LogP) is 5.41. The Bertz CT molecular complexity index is 2870. The van der Waals surface area contributed by atoms with E-state index in [4.69, 9.17) is 134 Å². The van der Waals surface area contributed by atoms with Crippen LogP contribution in [0.2, 0.25) is 0 Å². The van der Waals surface area contributed by atoms with Gasteiger partial charge in [0.15, 0.2) is 5.78 Å². The van der Waals surface area contributed by atoms with Gasteiger partial charge in [0.05, 0.1) is 137 Å². The molecule has 0 aromatic heterocycles. The number of allylic oxidation sites excluding steroid dienone is 1. The molecular formula is C89H146O43. The first-order chi connectivity index (χ1) is 61.7. The van der Waals surface area contributed by atoms with Crippen molar-refractivity contribution in [1.29, 1.82) is 0 Å². The van der Waals surface area contributed by atoms with Crippen molar-refractivity contribution in [2.24, 2.45) is 33.5 Å². The maximum atomic E-state index is 11.1. The first-order valence-corrected chi connectivity index (χ1v) is 38.8. The van der Waals surface area contributed by atoms with E-state index in [-0.39, 0.29) is 77.1 Å². The lowest BCUT2D eigenvalue weighted by atomic mass is 9.88. The van der Waals surface area contributed by atoms with Crippen molar-refractivity contribution < 1.29 is 210 Å². The van der Waals surface area contributed by atoms with E-state index in [1.807, 2.05) is 20.8 Å². The lowest BCUT2D eigenvalue weighted by Crippen LogP contribution is -2.38. The van der Waals surface area contributed by atoms with E-state index in [0.717, 1.165) is 91.5 Å². The maximum Gasteiger partial charge on any atom is 0.330 e. The standard InChI is InChI=1S/C21H32O9.C15H24O6.C12H18O5.2C5H12O4.C5H12.C4H6O2.C4H6O.6C3H4O2/c1-5-18(22)28-12-9-25-15-21(8-4,16-26-10-13-29-19(23)6-2)17-27-11-14-30-20(24)7-3;1-3-14(16)20-12-6-10-18-8-5-9-19-11-7-13-21-15(17)4-2;1-9(3-5-11(13)14)7-17-8-10(2)4-6-12(15)16;2*6-1-5(2-7,3-8)4-9;1-5(2,3)4;1-3-4(5)6-2;1-3-4(2)5;6*1-2-3(4)5/h5-7H,1-3,8-17H2,4H3;3-4H,1-2,5-13H2;3-6,9-10H,7-8H2,1-2H3,(H,13,14)(H,15,16);2*6-9H,1-4H2;1-4H3;3H,1H2,2H3;3H,1H2,2H3;6*2H,1H2,(H,4,5)/b;;5-3+,6-4+;;;;;;;;;;;. The van der Waals surface area contributed by atoms with E-state index >= 15 is 0 Å². The number of aliphatic carboxylic acids is 8. The van der Waals surface area contributed by atoms with Gasteiger partial charge in [0.1, 0.15) is 19.8 Å². The summed E-state index contributed by atoms with van der Waals surface area (Å²) in [6.07, 6.45) is 21.0. The summed E-state index contributed by atoms with van der Waals surface area (Å²) in [7, 11) is 1.31. The van der Waals surface area contributed by atoms with E-state index in [9.17, 15) is 71.9 Å². The number of carbonyl (C=O) groups is 15. The minimum atomic E-state index is -1.11. The Morgan fingerprint density at radius 1 is 0.280 bits per heavy atom. The van der Waals surface area contributed by atoms with Crippen LogP contribution in [0.3, 0.4) is 0 Å². The average molecular weight is 1900 g/mol. The number of ketones is 1. The first kappa shape index (κ1) is 151. The second-order valence-corrected chi connectivity index (χ2v) is 26.1. The molecule has 43 nitrogen and oxygen atoms in total. The minimum absolute atomic E-state index is 0.0155. The Balaban J connectivity index is -0.000000101. The van der Waals surface area contributed by atoms with Crippen LogP contribution in [0.5, 0.6) is 0 Å². The van der Waals surface area contributed by atoms with Gasteiger partial charge in [0.25, 0.3) is 0 Å². The number of hydrogen-bond donors (Lipinski definition) is 16. The van der Waals surface area contributed by atoms with Gasteiger partial charge in [-0.05, 0) is 43.1 Å². The van der Waals surface area contributed by atoms with Crippen LogP contribution < -0.4 is 0 Å². The lowest BCUT2D eigenvalue weighted by Gasteiger charge is -2.32. The number of carboxylic acid groups (broad SMARTS) is 8. The summed E-state index contributed by atoms with van der Waals surface area (Å²) < 4.78 is 61.3. The van der Waals surface area contributed by atoms with Crippen molar-refractivity contribution >= 4 is 89.4 Å². The highest BCUT2D eigenvalue weighted by molar-refractivity contribution is 5.87. The fraction of sp³-hybridized carbons (Fsp3) is 0.494. The van der Waals surface area contributed by atoms with Crippen LogP contribution in [0.25, 0.3) is 0 Å². The average Bonchev–Trinajstić information content (AvgIpc) is 0.876. The van der Waals surface area contributed by atoms with Gasteiger partial charge in [0, 0.05) is 130 Å². The monoisotopic (exact) mass is 1900 g/mol. The van der Waals surface area contributed by atoms with Crippen LogP contribution >= 0.6 is 0 Å². The molecule has 0 aromatic carbocycles. The van der Waals surface area contributed by atoms with E-state index < -0.39 is 153 Å². The van der Waals surface area contributed by atoms with E-state index in [0.29, 0.717) is 77.5 Å². The third kappa shape index (κ3) is 155. The number of esters is 6. The molecule has 0 aromatic rings. The molecule has 0 saturated heterocycles. The number of carboxylic acids is 8. The summed E-state index contributed by atoms with van der Waals surface area (Å²) in [6.45, 7) is 58.9. The smallest absolute Gasteiger partial charge is 0.330 e. The zero-order valence-electron chi connectivity index (χ0n) is 77.3. The number of hydrogen-bond acceptors (Lipinski definition) is 35. The molecule has 0 rings (SSSR count). The van der Waals surface area contributed by atoms with Gasteiger partial charge >= 0.3 is 83.6 Å². The van der Waals surface area contributed by atoms with E-state index in [1.165, 1.54) is 20.1 Å². The topological polar surface area (TPSA) is 690 Å². The molecule has 0 saturated carbocycles. The van der Waals surface area contributed by atoms with Gasteiger partial charge < -0.3 is 139 Å². The first-order valence-electron chi connectivity index (χ1n) is 38.8. The van der Waals surface area contributed by atoms with Crippen molar-refractivity contribution in [2.45, 2.75) is 81.1 Å². The molecule has 132 heavy (non-hydrogen) atoms. The van der Waals surface area contributed by atoms with Crippen LogP contribution in [0.15, 0.2) is 189 Å². The van der Waals surface area contributed by atoms with Gasteiger partial charge in [-0.1, -0.05) is 146 Å². The van der Waals surface area contributed by atoms with E-state index in [1.54, 1.807) is 12.2 Å². The Morgan fingerprint density at radius 2 is 0.470 bits per heavy atom. The summed E-state index contributed by atoms with van der Waals surface area (Å²) in [5.41, 5.74) is -2.21. The molecule has 0 amide bonds. The van der Waals surface area contributed by atoms with Gasteiger partial charge in [-0.15, -0.1) is 0 Å². The molecule has 760 valence electrons. The Morgan fingerprint density at radius 3 is 0.606 bits per heavy atom. The highest BCUT2D eigenvalue weighted by atomic mass is 16.6. The summed E-state index contributed by atoms with van der Waals surface area (Å²) in [5, 5.41) is 130. The normalized spacial score (nSPS) is 10.1. The number of aliphatic hydroxyl groups excluding tert-OH is 8. The molecule has 0 fully saturated rings. The quantitative estimate of drug-likeness (QED) is 0.0157. The third-order valence-electron chi connectivity index (χ3n) is 12.4. The van der Waals surface area contributed by atoms with Gasteiger partial charge in [-0.2, -0.15) is 0 Å². The molecule has 0 heterocycles. The zero-order chi connectivity index (χ0) is 106.